The molecule has 3 aliphatic rings. The second-order valence-electron chi connectivity index (χ2n) is 11.7. The number of nitrogens with one attached hydrogen (secondary N) is 2. The van der Waals surface area contributed by atoms with Gasteiger partial charge in [-0.1, -0.05) is 38.2 Å². The van der Waals surface area contributed by atoms with Crippen LogP contribution in [0.4, 0.5) is 4.79 Å². The zero-order valence-electron chi connectivity index (χ0n) is 26.5. The number of amides is 2. The molecule has 2 bridgehead atoms. The molecule has 12 nitrogen and oxygen atoms in total. The Kier molecular flexibility index (Phi) is 12.1. The lowest BCUT2D eigenvalue weighted by molar-refractivity contribution is -0.121. The summed E-state index contributed by atoms with van der Waals surface area (Å²) in [5, 5.41) is 17.0. The molecule has 6 atom stereocenters. The van der Waals surface area contributed by atoms with Gasteiger partial charge in [0.05, 0.1) is 19.3 Å². The first-order valence-electron chi connectivity index (χ1n) is 14.7. The molecule has 44 heavy (non-hydrogen) atoms. The van der Waals surface area contributed by atoms with Crippen LogP contribution in [0.2, 0.25) is 0 Å². The number of methoxy groups -OCH3 is 3. The highest BCUT2D eigenvalue weighted by Crippen LogP contribution is 2.32. The molecule has 2 amide bonds. The zero-order chi connectivity index (χ0) is 32.7. The Hall–Kier alpha value is -3.74. The normalized spacial score (nSPS) is 32.7. The first kappa shape index (κ1) is 34.7. The molecule has 3 rings (SSSR count). The maximum Gasteiger partial charge on any atom is 0.405 e. The van der Waals surface area contributed by atoms with E-state index in [4.69, 9.17) is 24.7 Å². The van der Waals surface area contributed by atoms with Crippen molar-refractivity contribution in [3.05, 3.63) is 58.2 Å². The van der Waals surface area contributed by atoms with Crippen LogP contribution in [0.15, 0.2) is 58.2 Å². The molecule has 0 saturated heterocycles. The van der Waals surface area contributed by atoms with Gasteiger partial charge < -0.3 is 40.4 Å². The van der Waals surface area contributed by atoms with E-state index in [-0.39, 0.29) is 46.7 Å². The number of Topliss-reactive ketones (excluding diaryl/α,β-unsaturated/α-hetero) is 2. The number of ketones is 2. The SMILES string of the molecule is COC1=C2C[C@@H](C)C[C@H](OC)[C@H](O)[C@@H](C)/C=C(\C)[C@H](OC(N)=O)[C@@H](OC)/C=C/C=C(/C)C(=O)NC(=C(NC3CC3)C1=O)C2=O. The maximum absolute atomic E-state index is 13.9. The number of allylic oxidation sites excluding steroid dienone is 3. The third kappa shape index (κ3) is 8.46. The van der Waals surface area contributed by atoms with Crippen molar-refractivity contribution in [2.24, 2.45) is 17.6 Å². The van der Waals surface area contributed by atoms with E-state index >= 15 is 0 Å². The highest BCUT2D eigenvalue weighted by molar-refractivity contribution is 6.25. The summed E-state index contributed by atoms with van der Waals surface area (Å²) in [5.41, 5.74) is 6.20. The summed E-state index contributed by atoms with van der Waals surface area (Å²) >= 11 is 0. The van der Waals surface area contributed by atoms with Crippen LogP contribution in [0.5, 0.6) is 0 Å². The maximum atomic E-state index is 13.9. The van der Waals surface area contributed by atoms with Crippen LogP contribution in [0.25, 0.3) is 0 Å². The summed E-state index contributed by atoms with van der Waals surface area (Å²) in [6.45, 7) is 6.98. The van der Waals surface area contributed by atoms with E-state index in [9.17, 15) is 24.3 Å². The second-order valence-corrected chi connectivity index (χ2v) is 11.7. The van der Waals surface area contributed by atoms with Crippen LogP contribution in [0, 0.1) is 11.8 Å². The first-order chi connectivity index (χ1) is 20.8. The number of rotatable bonds is 6. The van der Waals surface area contributed by atoms with Crippen molar-refractivity contribution in [1.82, 2.24) is 10.6 Å². The van der Waals surface area contributed by atoms with Gasteiger partial charge in [-0.25, -0.2) is 4.79 Å². The van der Waals surface area contributed by atoms with Crippen molar-refractivity contribution in [2.75, 3.05) is 21.3 Å². The largest absolute Gasteiger partial charge is 0.492 e. The number of aliphatic hydroxyl groups is 1. The van der Waals surface area contributed by atoms with Crippen molar-refractivity contribution in [1.29, 1.82) is 0 Å². The van der Waals surface area contributed by atoms with Gasteiger partial charge in [0.2, 0.25) is 11.6 Å². The number of fused-ring (bicyclic) bond motifs is 2. The number of carbonyl (C=O) groups excluding carboxylic acids is 4. The molecule has 0 aromatic heterocycles. The lowest BCUT2D eigenvalue weighted by Crippen LogP contribution is -2.41. The molecular weight excluding hydrogens is 570 g/mol. The Balaban J connectivity index is 2.12. The van der Waals surface area contributed by atoms with E-state index in [1.54, 1.807) is 39.0 Å². The van der Waals surface area contributed by atoms with Gasteiger partial charge >= 0.3 is 6.09 Å². The van der Waals surface area contributed by atoms with E-state index in [1.807, 2.05) is 6.92 Å². The molecule has 0 radical (unpaired) electrons. The van der Waals surface area contributed by atoms with E-state index in [0.717, 1.165) is 12.8 Å². The summed E-state index contributed by atoms with van der Waals surface area (Å²) in [7, 11) is 4.26. The Morgan fingerprint density at radius 2 is 1.75 bits per heavy atom. The molecule has 1 aliphatic heterocycles. The van der Waals surface area contributed by atoms with E-state index in [1.165, 1.54) is 27.4 Å². The third-order valence-corrected chi connectivity index (χ3v) is 8.03. The summed E-state index contributed by atoms with van der Waals surface area (Å²) in [5.74, 6) is -2.37. The van der Waals surface area contributed by atoms with Crippen LogP contribution in [0.1, 0.15) is 53.4 Å². The smallest absolute Gasteiger partial charge is 0.405 e. The third-order valence-electron chi connectivity index (χ3n) is 8.03. The zero-order valence-corrected chi connectivity index (χ0v) is 26.5. The minimum Gasteiger partial charge on any atom is -0.492 e. The minimum absolute atomic E-state index is 0.000194. The van der Waals surface area contributed by atoms with Gasteiger partial charge in [-0.2, -0.15) is 0 Å². The summed E-state index contributed by atoms with van der Waals surface area (Å²) in [4.78, 5) is 52.6. The highest BCUT2D eigenvalue weighted by atomic mass is 16.6. The Bertz CT molecular complexity index is 1290. The number of nitrogens with two attached hydrogens (primary N) is 1. The summed E-state index contributed by atoms with van der Waals surface area (Å²) < 4.78 is 22.1. The molecule has 12 heteroatoms. The van der Waals surface area contributed by atoms with Crippen LogP contribution >= 0.6 is 0 Å². The molecular formula is C32H45N3O9. The topological polar surface area (TPSA) is 176 Å². The molecule has 0 unspecified atom stereocenters. The quantitative estimate of drug-likeness (QED) is 0.257. The molecule has 0 aromatic carbocycles. The van der Waals surface area contributed by atoms with Gasteiger partial charge in [0.15, 0.2) is 11.9 Å². The Labute approximate surface area is 258 Å². The van der Waals surface area contributed by atoms with Gasteiger partial charge in [0, 0.05) is 37.3 Å². The molecule has 0 aromatic rings. The summed E-state index contributed by atoms with van der Waals surface area (Å²) in [6.07, 6.45) is 4.24. The molecule has 0 spiro atoms. The minimum atomic E-state index is -1.00. The van der Waals surface area contributed by atoms with E-state index < -0.39 is 53.9 Å². The monoisotopic (exact) mass is 615 g/mol. The standard InChI is InChI=1S/C32H45N3O9/c1-16-13-21-27(37)24(25(34-20-11-12-20)28(38)30(21)43-7)35-31(39)17(2)9-8-10-22(41-5)29(44-32(33)40)19(4)15-18(3)26(36)23(14-16)42-6/h8-10,15-16,18,20,22-23,26,29,34,36H,11-14H2,1-7H3,(H2,33,40)(H,35,39)/b10-8+,17-9-,19-15+/t16-,18+,22+,23+,26-,29+/m1/s1. The van der Waals surface area contributed by atoms with Gasteiger partial charge in [-0.3, -0.25) is 14.4 Å². The lowest BCUT2D eigenvalue weighted by Gasteiger charge is -2.30. The van der Waals surface area contributed by atoms with Crippen molar-refractivity contribution < 1.29 is 43.2 Å². The second kappa shape index (κ2) is 15.3. The molecule has 1 fully saturated rings. The Morgan fingerprint density at radius 3 is 2.32 bits per heavy atom. The molecule has 242 valence electrons. The van der Waals surface area contributed by atoms with Crippen molar-refractivity contribution in [3.8, 4) is 0 Å². The Morgan fingerprint density at radius 1 is 1.07 bits per heavy atom. The molecule has 1 heterocycles. The predicted octanol–water partition coefficient (Wildman–Crippen LogP) is 2.49. The fourth-order valence-electron chi connectivity index (χ4n) is 5.42. The molecule has 1 saturated carbocycles. The van der Waals surface area contributed by atoms with Crippen LogP contribution in [-0.4, -0.2) is 80.5 Å². The molecule has 5 N–H and O–H groups in total. The highest BCUT2D eigenvalue weighted by Gasteiger charge is 2.40. The van der Waals surface area contributed by atoms with Gasteiger partial charge in [0.1, 0.15) is 17.5 Å². The number of ether oxygens (including phenoxy) is 4. The number of hydrogen-bond donors (Lipinski definition) is 4. The van der Waals surface area contributed by atoms with Gasteiger partial charge in [0.25, 0.3) is 5.91 Å². The lowest BCUT2D eigenvalue weighted by atomic mass is 9.85. The van der Waals surface area contributed by atoms with E-state index in [0.29, 0.717) is 12.0 Å². The van der Waals surface area contributed by atoms with Crippen LogP contribution < -0.4 is 16.4 Å². The summed E-state index contributed by atoms with van der Waals surface area (Å²) in [6, 6.07) is 0.0193. The van der Waals surface area contributed by atoms with Crippen LogP contribution in [0.3, 0.4) is 0 Å². The molecule has 2 aliphatic carbocycles. The van der Waals surface area contributed by atoms with Crippen molar-refractivity contribution in [2.45, 2.75) is 83.8 Å². The fourth-order valence-corrected chi connectivity index (χ4v) is 5.42. The first-order valence-corrected chi connectivity index (χ1v) is 14.7. The van der Waals surface area contributed by atoms with Crippen molar-refractivity contribution >= 4 is 23.6 Å². The fraction of sp³-hybridized carbons (Fsp3) is 0.562. The average Bonchev–Trinajstić information content (AvgIpc) is 3.80. The number of hydrogen-bond acceptors (Lipinski definition) is 10. The average molecular weight is 616 g/mol. The predicted molar refractivity (Wildman–Crippen MR) is 162 cm³/mol. The van der Waals surface area contributed by atoms with Gasteiger partial charge in [-0.05, 0) is 51.0 Å². The van der Waals surface area contributed by atoms with Gasteiger partial charge in [-0.15, -0.1) is 0 Å². The van der Waals surface area contributed by atoms with Crippen LogP contribution in [-0.2, 0) is 33.3 Å². The number of aliphatic hydroxyl groups excluding tert-OH is 1. The van der Waals surface area contributed by atoms with Crippen molar-refractivity contribution in [3.63, 3.8) is 0 Å². The number of primary amides is 1. The van der Waals surface area contributed by atoms with E-state index in [2.05, 4.69) is 10.6 Å². The number of carbonyl (C=O) groups is 4.